The first-order valence-electron chi connectivity index (χ1n) is 6.55. The van der Waals surface area contributed by atoms with Crippen LogP contribution < -0.4 is 4.74 Å². The Hall–Kier alpha value is -1.43. The van der Waals surface area contributed by atoms with Crippen LogP contribution in [0.15, 0.2) is 24.3 Å². The monoisotopic (exact) mass is 321 g/mol. The molecule has 21 heavy (non-hydrogen) atoms. The normalized spacial score (nSPS) is 23.0. The molecule has 0 radical (unpaired) electrons. The number of carbonyl (C=O) groups is 1. The molecule has 1 heterocycles. The predicted octanol–water partition coefficient (Wildman–Crippen LogP) is 3.67. The first-order chi connectivity index (χ1) is 9.76. The van der Waals surface area contributed by atoms with Gasteiger partial charge in [0.1, 0.15) is 5.75 Å². The van der Waals surface area contributed by atoms with Crippen LogP contribution in [-0.4, -0.2) is 35.6 Å². The SMILES string of the molecule is CC1CCN(C(=O)c2ccc(OC(F)(F)F)cc2)CC1Cl. The molecule has 2 atom stereocenters. The Balaban J connectivity index is 2.03. The van der Waals surface area contributed by atoms with Gasteiger partial charge in [-0.15, -0.1) is 24.8 Å². The summed E-state index contributed by atoms with van der Waals surface area (Å²) in [6.07, 6.45) is -3.92. The predicted molar refractivity (Wildman–Crippen MR) is 72.5 cm³/mol. The van der Waals surface area contributed by atoms with E-state index in [9.17, 15) is 18.0 Å². The first kappa shape index (κ1) is 15.9. The lowest BCUT2D eigenvalue weighted by atomic mass is 9.98. The molecule has 1 fully saturated rings. The maximum absolute atomic E-state index is 12.3. The molecule has 0 N–H and O–H groups in total. The Morgan fingerprint density at radius 3 is 2.48 bits per heavy atom. The average Bonchev–Trinajstić information content (AvgIpc) is 2.40. The van der Waals surface area contributed by atoms with Crippen molar-refractivity contribution in [2.24, 2.45) is 5.92 Å². The highest BCUT2D eigenvalue weighted by atomic mass is 35.5. The van der Waals surface area contributed by atoms with Crippen molar-refractivity contribution in [1.29, 1.82) is 0 Å². The summed E-state index contributed by atoms with van der Waals surface area (Å²) in [6, 6.07) is 4.91. The van der Waals surface area contributed by atoms with E-state index in [0.717, 1.165) is 18.6 Å². The number of benzene rings is 1. The second kappa shape index (κ2) is 6.13. The number of halogens is 4. The molecule has 1 amide bonds. The van der Waals surface area contributed by atoms with Crippen molar-refractivity contribution >= 4 is 17.5 Å². The molecule has 0 saturated carbocycles. The Morgan fingerprint density at radius 1 is 1.33 bits per heavy atom. The molecule has 1 aromatic carbocycles. The second-order valence-electron chi connectivity index (χ2n) is 5.11. The van der Waals surface area contributed by atoms with Gasteiger partial charge in [0, 0.05) is 18.7 Å². The summed E-state index contributed by atoms with van der Waals surface area (Å²) < 4.78 is 39.9. The zero-order valence-electron chi connectivity index (χ0n) is 11.4. The molecule has 1 aliphatic heterocycles. The van der Waals surface area contributed by atoms with Crippen LogP contribution in [0.5, 0.6) is 5.75 Å². The summed E-state index contributed by atoms with van der Waals surface area (Å²) >= 11 is 6.15. The Bertz CT molecular complexity index is 504. The van der Waals surface area contributed by atoms with E-state index in [-0.39, 0.29) is 17.0 Å². The highest BCUT2D eigenvalue weighted by Crippen LogP contribution is 2.25. The van der Waals surface area contributed by atoms with Crippen molar-refractivity contribution in [3.05, 3.63) is 29.8 Å². The number of likely N-dealkylation sites (tertiary alicyclic amines) is 1. The van der Waals surface area contributed by atoms with E-state index in [0.29, 0.717) is 24.6 Å². The Labute approximate surface area is 125 Å². The van der Waals surface area contributed by atoms with E-state index in [2.05, 4.69) is 4.74 Å². The van der Waals surface area contributed by atoms with Crippen LogP contribution in [0.2, 0.25) is 0 Å². The standard InChI is InChI=1S/C14H15ClF3NO2/c1-9-6-7-19(8-12(9)15)13(20)10-2-4-11(5-3-10)21-14(16,17)18/h2-5,9,12H,6-8H2,1H3. The average molecular weight is 322 g/mol. The molecular weight excluding hydrogens is 307 g/mol. The summed E-state index contributed by atoms with van der Waals surface area (Å²) in [5, 5.41) is -0.101. The molecule has 3 nitrogen and oxygen atoms in total. The van der Waals surface area contributed by atoms with Crippen molar-refractivity contribution in [3.8, 4) is 5.75 Å². The van der Waals surface area contributed by atoms with Crippen LogP contribution in [0.3, 0.4) is 0 Å². The van der Waals surface area contributed by atoms with Crippen LogP contribution in [0.1, 0.15) is 23.7 Å². The zero-order chi connectivity index (χ0) is 15.6. The third-order valence-electron chi connectivity index (χ3n) is 3.49. The fourth-order valence-electron chi connectivity index (χ4n) is 2.19. The van der Waals surface area contributed by atoms with Gasteiger partial charge < -0.3 is 9.64 Å². The third-order valence-corrected chi connectivity index (χ3v) is 4.06. The van der Waals surface area contributed by atoms with Crippen LogP contribution in [0.25, 0.3) is 0 Å². The van der Waals surface area contributed by atoms with Crippen LogP contribution in [-0.2, 0) is 0 Å². The highest BCUT2D eigenvalue weighted by Gasteiger charge is 2.31. The number of nitrogens with zero attached hydrogens (tertiary/aromatic N) is 1. The largest absolute Gasteiger partial charge is 0.573 e. The Morgan fingerprint density at radius 2 is 1.95 bits per heavy atom. The number of hydrogen-bond acceptors (Lipinski definition) is 2. The number of ether oxygens (including phenoxy) is 1. The fourth-order valence-corrected chi connectivity index (χ4v) is 2.48. The van der Waals surface area contributed by atoms with E-state index >= 15 is 0 Å². The number of piperidine rings is 1. The maximum Gasteiger partial charge on any atom is 0.573 e. The molecule has 0 spiro atoms. The summed E-state index contributed by atoms with van der Waals surface area (Å²) in [5.74, 6) is -0.231. The molecule has 1 aliphatic rings. The van der Waals surface area contributed by atoms with E-state index in [1.165, 1.54) is 12.1 Å². The van der Waals surface area contributed by atoms with Gasteiger partial charge in [0.25, 0.3) is 5.91 Å². The lowest BCUT2D eigenvalue weighted by Crippen LogP contribution is -2.43. The summed E-state index contributed by atoms with van der Waals surface area (Å²) in [5.41, 5.74) is 0.322. The van der Waals surface area contributed by atoms with Gasteiger partial charge in [-0.3, -0.25) is 4.79 Å². The van der Waals surface area contributed by atoms with Crippen molar-refractivity contribution in [3.63, 3.8) is 0 Å². The zero-order valence-corrected chi connectivity index (χ0v) is 12.1. The van der Waals surface area contributed by atoms with Crippen LogP contribution in [0.4, 0.5) is 13.2 Å². The number of alkyl halides is 4. The van der Waals surface area contributed by atoms with Gasteiger partial charge in [-0.1, -0.05) is 6.92 Å². The molecule has 116 valence electrons. The minimum absolute atomic E-state index is 0.101. The molecule has 7 heteroatoms. The number of rotatable bonds is 2. The maximum atomic E-state index is 12.3. The van der Waals surface area contributed by atoms with Gasteiger partial charge in [0.05, 0.1) is 5.38 Å². The third kappa shape index (κ3) is 4.27. The van der Waals surface area contributed by atoms with Crippen LogP contribution in [0, 0.1) is 5.92 Å². The quantitative estimate of drug-likeness (QED) is 0.778. The molecule has 2 rings (SSSR count). The van der Waals surface area contributed by atoms with Gasteiger partial charge >= 0.3 is 6.36 Å². The molecule has 0 aromatic heterocycles. The van der Waals surface area contributed by atoms with Gasteiger partial charge in [0.2, 0.25) is 0 Å². The van der Waals surface area contributed by atoms with Gasteiger partial charge in [-0.2, -0.15) is 0 Å². The second-order valence-corrected chi connectivity index (χ2v) is 5.67. The minimum Gasteiger partial charge on any atom is -0.406 e. The van der Waals surface area contributed by atoms with Gasteiger partial charge in [-0.25, -0.2) is 0 Å². The van der Waals surface area contributed by atoms with Crippen LogP contribution >= 0.6 is 11.6 Å². The summed E-state index contributed by atoms with van der Waals surface area (Å²) in [6.45, 7) is 3.08. The molecule has 1 aromatic rings. The van der Waals surface area contributed by atoms with E-state index in [4.69, 9.17) is 11.6 Å². The molecular formula is C14H15ClF3NO2. The smallest absolute Gasteiger partial charge is 0.406 e. The number of carbonyl (C=O) groups excluding carboxylic acids is 1. The lowest BCUT2D eigenvalue weighted by Gasteiger charge is -2.34. The van der Waals surface area contributed by atoms with Crippen molar-refractivity contribution in [1.82, 2.24) is 4.90 Å². The Kier molecular flexibility index (Phi) is 4.66. The van der Waals surface area contributed by atoms with Crippen molar-refractivity contribution in [2.45, 2.75) is 25.1 Å². The topological polar surface area (TPSA) is 29.5 Å². The minimum atomic E-state index is -4.74. The molecule has 2 unspecified atom stereocenters. The number of hydrogen-bond donors (Lipinski definition) is 0. The van der Waals surface area contributed by atoms with Crippen molar-refractivity contribution < 1.29 is 22.7 Å². The molecule has 0 bridgehead atoms. The fraction of sp³-hybridized carbons (Fsp3) is 0.500. The van der Waals surface area contributed by atoms with E-state index in [1.54, 1.807) is 4.90 Å². The molecule has 0 aliphatic carbocycles. The highest BCUT2D eigenvalue weighted by molar-refractivity contribution is 6.21. The van der Waals surface area contributed by atoms with Crippen molar-refractivity contribution in [2.75, 3.05) is 13.1 Å². The summed E-state index contributed by atoms with van der Waals surface area (Å²) in [4.78, 5) is 13.9. The lowest BCUT2D eigenvalue weighted by molar-refractivity contribution is -0.274. The van der Waals surface area contributed by atoms with Gasteiger partial charge in [0.15, 0.2) is 0 Å². The summed E-state index contributed by atoms with van der Waals surface area (Å²) in [7, 11) is 0. The number of amides is 1. The van der Waals surface area contributed by atoms with E-state index < -0.39 is 6.36 Å². The van der Waals surface area contributed by atoms with Gasteiger partial charge in [-0.05, 0) is 36.6 Å². The first-order valence-corrected chi connectivity index (χ1v) is 6.99. The molecule has 1 saturated heterocycles. The van der Waals surface area contributed by atoms with E-state index in [1.807, 2.05) is 6.92 Å².